The predicted octanol–water partition coefficient (Wildman–Crippen LogP) is 2.62. The molecule has 1 aliphatic rings. The van der Waals surface area contributed by atoms with Gasteiger partial charge < -0.3 is 10.0 Å². The van der Waals surface area contributed by atoms with Crippen molar-refractivity contribution in [3.05, 3.63) is 16.1 Å². The molecule has 1 saturated heterocycles. The van der Waals surface area contributed by atoms with Crippen LogP contribution in [-0.2, 0) is 6.42 Å². The third-order valence-corrected chi connectivity index (χ3v) is 4.58. The van der Waals surface area contributed by atoms with E-state index in [-0.39, 0.29) is 0 Å². The van der Waals surface area contributed by atoms with Crippen LogP contribution in [0.5, 0.6) is 0 Å². The van der Waals surface area contributed by atoms with Gasteiger partial charge in [-0.05, 0) is 52.1 Å². The second-order valence-electron chi connectivity index (χ2n) is 5.16. The number of aliphatic hydroxyl groups excluding tert-OH is 1. The Morgan fingerprint density at radius 3 is 3.11 bits per heavy atom. The number of hydrogen-bond acceptors (Lipinski definition) is 4. The van der Waals surface area contributed by atoms with Crippen LogP contribution in [0.4, 0.5) is 0 Å². The van der Waals surface area contributed by atoms with Gasteiger partial charge in [0, 0.05) is 18.0 Å². The summed E-state index contributed by atoms with van der Waals surface area (Å²) in [6, 6.07) is 0.612. The Kier molecular flexibility index (Phi) is 5.60. The number of aliphatic hydroxyl groups is 1. The molecule has 102 valence electrons. The molecule has 2 heterocycles. The van der Waals surface area contributed by atoms with Gasteiger partial charge in [0.25, 0.3) is 0 Å². The quantitative estimate of drug-likeness (QED) is 0.861. The van der Waals surface area contributed by atoms with Gasteiger partial charge in [-0.25, -0.2) is 4.98 Å². The highest BCUT2D eigenvalue weighted by Gasteiger charge is 2.21. The minimum atomic E-state index is 0.326. The second kappa shape index (κ2) is 7.22. The number of piperidine rings is 1. The molecule has 1 atom stereocenters. The van der Waals surface area contributed by atoms with E-state index in [4.69, 9.17) is 5.11 Å². The van der Waals surface area contributed by atoms with Crippen molar-refractivity contribution in [3.8, 4) is 0 Å². The molecule has 1 aromatic rings. The van der Waals surface area contributed by atoms with E-state index in [9.17, 15) is 0 Å². The third-order valence-electron chi connectivity index (χ3n) is 3.76. The average Bonchev–Trinajstić information content (AvgIpc) is 2.78. The lowest BCUT2D eigenvalue weighted by atomic mass is 9.99. The first kappa shape index (κ1) is 14.0. The lowest BCUT2D eigenvalue weighted by Crippen LogP contribution is -2.40. The molecule has 1 N–H and O–H groups in total. The zero-order valence-corrected chi connectivity index (χ0v) is 12.1. The number of rotatable bonds is 6. The number of thiazole rings is 1. The van der Waals surface area contributed by atoms with Crippen molar-refractivity contribution in [2.45, 2.75) is 51.5 Å². The van der Waals surface area contributed by atoms with Crippen LogP contribution in [-0.4, -0.2) is 40.7 Å². The Bertz CT molecular complexity index is 351. The van der Waals surface area contributed by atoms with Crippen LogP contribution in [0, 0.1) is 6.92 Å². The number of aryl methyl sites for hydroxylation is 2. The second-order valence-corrected chi connectivity index (χ2v) is 6.22. The number of nitrogens with zero attached hydrogens (tertiary/aromatic N) is 2. The van der Waals surface area contributed by atoms with Crippen molar-refractivity contribution in [3.63, 3.8) is 0 Å². The molecule has 1 aliphatic heterocycles. The molecule has 4 heteroatoms. The fourth-order valence-electron chi connectivity index (χ4n) is 2.82. The Morgan fingerprint density at radius 1 is 1.50 bits per heavy atom. The standard InChI is InChI=1S/C14H24N2OS/c1-12-15-13(11-18-12)5-4-9-16-8-3-2-6-14(16)7-10-17/h11,14,17H,2-10H2,1H3. The molecule has 0 spiro atoms. The number of aromatic nitrogens is 1. The molecule has 0 aliphatic carbocycles. The highest BCUT2D eigenvalue weighted by molar-refractivity contribution is 7.09. The fraction of sp³-hybridized carbons (Fsp3) is 0.786. The van der Waals surface area contributed by atoms with Crippen LogP contribution < -0.4 is 0 Å². The van der Waals surface area contributed by atoms with Crippen LogP contribution in [0.15, 0.2) is 5.38 Å². The molecule has 3 nitrogen and oxygen atoms in total. The summed E-state index contributed by atoms with van der Waals surface area (Å²) >= 11 is 1.74. The molecule has 0 bridgehead atoms. The molecule has 18 heavy (non-hydrogen) atoms. The molecule has 2 rings (SSSR count). The van der Waals surface area contributed by atoms with E-state index < -0.39 is 0 Å². The summed E-state index contributed by atoms with van der Waals surface area (Å²) in [6.07, 6.45) is 7.12. The topological polar surface area (TPSA) is 36.4 Å². The van der Waals surface area contributed by atoms with Crippen molar-refractivity contribution >= 4 is 11.3 Å². The summed E-state index contributed by atoms with van der Waals surface area (Å²) in [5, 5.41) is 12.5. The first-order valence-electron chi connectivity index (χ1n) is 7.05. The lowest BCUT2D eigenvalue weighted by molar-refractivity contribution is 0.118. The van der Waals surface area contributed by atoms with Crippen molar-refractivity contribution in [1.82, 2.24) is 9.88 Å². The lowest BCUT2D eigenvalue weighted by Gasteiger charge is -2.35. The molecular weight excluding hydrogens is 244 g/mol. The smallest absolute Gasteiger partial charge is 0.0897 e. The summed E-state index contributed by atoms with van der Waals surface area (Å²) in [7, 11) is 0. The van der Waals surface area contributed by atoms with Gasteiger partial charge in [-0.3, -0.25) is 0 Å². The molecule has 0 aromatic carbocycles. The van der Waals surface area contributed by atoms with E-state index >= 15 is 0 Å². The first-order valence-corrected chi connectivity index (χ1v) is 7.93. The van der Waals surface area contributed by atoms with Crippen molar-refractivity contribution < 1.29 is 5.11 Å². The fourth-order valence-corrected chi connectivity index (χ4v) is 3.46. The normalized spacial score (nSPS) is 21.3. The molecule has 0 saturated carbocycles. The van der Waals surface area contributed by atoms with Gasteiger partial charge in [0.15, 0.2) is 0 Å². The van der Waals surface area contributed by atoms with Crippen molar-refractivity contribution in [1.29, 1.82) is 0 Å². The molecule has 1 unspecified atom stereocenters. The van der Waals surface area contributed by atoms with E-state index in [0.29, 0.717) is 12.6 Å². The van der Waals surface area contributed by atoms with Crippen LogP contribution in [0.25, 0.3) is 0 Å². The maximum atomic E-state index is 9.11. The average molecular weight is 268 g/mol. The van der Waals surface area contributed by atoms with E-state index in [2.05, 4.69) is 22.2 Å². The monoisotopic (exact) mass is 268 g/mol. The highest BCUT2D eigenvalue weighted by atomic mass is 32.1. The van der Waals surface area contributed by atoms with E-state index in [1.54, 1.807) is 11.3 Å². The summed E-state index contributed by atoms with van der Waals surface area (Å²) in [5.41, 5.74) is 1.24. The van der Waals surface area contributed by atoms with Gasteiger partial charge in [0.1, 0.15) is 0 Å². The van der Waals surface area contributed by atoms with Gasteiger partial charge >= 0.3 is 0 Å². The van der Waals surface area contributed by atoms with Crippen molar-refractivity contribution in [2.75, 3.05) is 19.7 Å². The van der Waals surface area contributed by atoms with Gasteiger partial charge in [-0.15, -0.1) is 11.3 Å². The first-order chi connectivity index (χ1) is 8.79. The third kappa shape index (κ3) is 4.04. The van der Waals surface area contributed by atoms with Crippen LogP contribution >= 0.6 is 11.3 Å². The summed E-state index contributed by atoms with van der Waals surface area (Å²) < 4.78 is 0. The van der Waals surface area contributed by atoms with Gasteiger partial charge in [0.05, 0.1) is 10.7 Å². The molecule has 1 aromatic heterocycles. The maximum Gasteiger partial charge on any atom is 0.0897 e. The Labute approximate surface area is 114 Å². The number of likely N-dealkylation sites (tertiary alicyclic amines) is 1. The van der Waals surface area contributed by atoms with Crippen LogP contribution in [0.1, 0.15) is 42.8 Å². The highest BCUT2D eigenvalue weighted by Crippen LogP contribution is 2.20. The molecule has 0 radical (unpaired) electrons. The Hall–Kier alpha value is -0.450. The zero-order chi connectivity index (χ0) is 12.8. The summed E-state index contributed by atoms with van der Waals surface area (Å²) in [4.78, 5) is 7.08. The van der Waals surface area contributed by atoms with Crippen molar-refractivity contribution in [2.24, 2.45) is 0 Å². The van der Waals surface area contributed by atoms with Gasteiger partial charge in [0.2, 0.25) is 0 Å². The zero-order valence-electron chi connectivity index (χ0n) is 11.3. The predicted molar refractivity (Wildman–Crippen MR) is 76.1 cm³/mol. The molecule has 1 fully saturated rings. The molecular formula is C14H24N2OS. The Morgan fingerprint density at radius 2 is 2.39 bits per heavy atom. The van der Waals surface area contributed by atoms with E-state index in [0.717, 1.165) is 19.4 Å². The summed E-state index contributed by atoms with van der Waals surface area (Å²) in [5.74, 6) is 0. The SMILES string of the molecule is Cc1nc(CCCN2CCCCC2CCO)cs1. The minimum absolute atomic E-state index is 0.326. The van der Waals surface area contributed by atoms with E-state index in [1.807, 2.05) is 0 Å². The Balaban J connectivity index is 1.74. The van der Waals surface area contributed by atoms with Gasteiger partial charge in [-0.2, -0.15) is 0 Å². The number of hydrogen-bond donors (Lipinski definition) is 1. The van der Waals surface area contributed by atoms with E-state index in [1.165, 1.54) is 42.9 Å². The van der Waals surface area contributed by atoms with Crippen LogP contribution in [0.2, 0.25) is 0 Å². The maximum absolute atomic E-state index is 9.11. The molecule has 0 amide bonds. The van der Waals surface area contributed by atoms with Crippen LogP contribution in [0.3, 0.4) is 0 Å². The summed E-state index contributed by atoms with van der Waals surface area (Å²) in [6.45, 7) is 4.75. The van der Waals surface area contributed by atoms with Gasteiger partial charge in [-0.1, -0.05) is 6.42 Å². The largest absolute Gasteiger partial charge is 0.396 e. The minimum Gasteiger partial charge on any atom is -0.396 e.